The highest BCUT2D eigenvalue weighted by Crippen LogP contribution is 2.12. The lowest BCUT2D eigenvalue weighted by molar-refractivity contribution is 0.596. The van der Waals surface area contributed by atoms with Crippen molar-refractivity contribution in [1.82, 2.24) is 9.78 Å². The van der Waals surface area contributed by atoms with Crippen molar-refractivity contribution in [1.29, 1.82) is 0 Å². The highest BCUT2D eigenvalue weighted by atomic mass is 15.3. The molecule has 14 heavy (non-hydrogen) atoms. The molecule has 1 heterocycles. The first-order valence-electron chi connectivity index (χ1n) is 5.10. The number of rotatable bonds is 5. The smallest absolute Gasteiger partial charge is 0.148 e. The molecule has 4 nitrogen and oxygen atoms in total. The third kappa shape index (κ3) is 3.03. The number of aryl methyl sites for hydroxylation is 1. The lowest BCUT2D eigenvalue weighted by Gasteiger charge is -2.03. The Labute approximate surface area is 85.5 Å². The number of anilines is 1. The molecule has 0 unspecified atom stereocenters. The molecule has 0 aliphatic carbocycles. The Hall–Kier alpha value is -1.03. The Balaban J connectivity index is 2.62. The van der Waals surface area contributed by atoms with Crippen molar-refractivity contribution in [3.05, 3.63) is 11.8 Å². The summed E-state index contributed by atoms with van der Waals surface area (Å²) in [5.41, 5.74) is 6.67. The van der Waals surface area contributed by atoms with Crippen molar-refractivity contribution < 1.29 is 0 Å². The lowest BCUT2D eigenvalue weighted by atomic mass is 10.1. The zero-order chi connectivity index (χ0) is 10.6. The molecule has 3 N–H and O–H groups in total. The van der Waals surface area contributed by atoms with Crippen LogP contribution in [0.2, 0.25) is 0 Å². The van der Waals surface area contributed by atoms with E-state index in [1.54, 1.807) is 0 Å². The van der Waals surface area contributed by atoms with E-state index in [4.69, 9.17) is 5.73 Å². The molecule has 1 aromatic rings. The van der Waals surface area contributed by atoms with Crippen molar-refractivity contribution in [2.24, 2.45) is 18.7 Å². The second-order valence-electron chi connectivity index (χ2n) is 3.96. The van der Waals surface area contributed by atoms with Crippen LogP contribution in [0.3, 0.4) is 0 Å². The standard InChI is InChI=1S/C10H20N4/c1-8(2)6-9-7-10(12-5-4-11)13-14(9)3/h7-8H,4-6,11H2,1-3H3,(H,12,13). The maximum absolute atomic E-state index is 5.40. The summed E-state index contributed by atoms with van der Waals surface area (Å²) in [7, 11) is 1.98. The molecular formula is C10H20N4. The fourth-order valence-electron chi connectivity index (χ4n) is 1.40. The average molecular weight is 196 g/mol. The molecule has 0 saturated heterocycles. The van der Waals surface area contributed by atoms with Crippen molar-refractivity contribution in [3.8, 4) is 0 Å². The van der Waals surface area contributed by atoms with Gasteiger partial charge in [-0.3, -0.25) is 4.68 Å². The van der Waals surface area contributed by atoms with Crippen LogP contribution >= 0.6 is 0 Å². The van der Waals surface area contributed by atoms with Gasteiger partial charge in [-0.2, -0.15) is 5.10 Å². The molecule has 0 amide bonds. The summed E-state index contributed by atoms with van der Waals surface area (Å²) in [6.07, 6.45) is 1.06. The molecule has 0 bridgehead atoms. The minimum absolute atomic E-state index is 0.635. The van der Waals surface area contributed by atoms with Gasteiger partial charge in [0.2, 0.25) is 0 Å². The molecule has 1 rings (SSSR count). The molecule has 0 aliphatic heterocycles. The maximum Gasteiger partial charge on any atom is 0.148 e. The summed E-state index contributed by atoms with van der Waals surface area (Å²) in [4.78, 5) is 0. The van der Waals surface area contributed by atoms with Gasteiger partial charge in [-0.15, -0.1) is 0 Å². The van der Waals surface area contributed by atoms with E-state index >= 15 is 0 Å². The highest BCUT2D eigenvalue weighted by Gasteiger charge is 2.05. The average Bonchev–Trinajstić information content (AvgIpc) is 2.43. The topological polar surface area (TPSA) is 55.9 Å². The zero-order valence-corrected chi connectivity index (χ0v) is 9.25. The quantitative estimate of drug-likeness (QED) is 0.738. The predicted molar refractivity (Wildman–Crippen MR) is 59.3 cm³/mol. The van der Waals surface area contributed by atoms with Crippen LogP contribution in [0.4, 0.5) is 5.82 Å². The Kier molecular flexibility index (Phi) is 3.95. The van der Waals surface area contributed by atoms with Crippen molar-refractivity contribution in [2.75, 3.05) is 18.4 Å². The van der Waals surface area contributed by atoms with Crippen LogP contribution in [0, 0.1) is 5.92 Å². The van der Waals surface area contributed by atoms with Crippen LogP contribution in [0.1, 0.15) is 19.5 Å². The molecule has 0 spiro atoms. The number of aromatic nitrogens is 2. The van der Waals surface area contributed by atoms with Crippen LogP contribution in [-0.2, 0) is 13.5 Å². The number of nitrogens with zero attached hydrogens (tertiary/aromatic N) is 2. The van der Waals surface area contributed by atoms with E-state index in [2.05, 4.69) is 30.3 Å². The molecule has 0 fully saturated rings. The van der Waals surface area contributed by atoms with E-state index in [0.717, 1.165) is 18.8 Å². The van der Waals surface area contributed by atoms with E-state index < -0.39 is 0 Å². The summed E-state index contributed by atoms with van der Waals surface area (Å²) >= 11 is 0. The zero-order valence-electron chi connectivity index (χ0n) is 9.25. The first-order chi connectivity index (χ1) is 6.63. The molecule has 0 saturated carbocycles. The van der Waals surface area contributed by atoms with Gasteiger partial charge in [0.05, 0.1) is 0 Å². The third-order valence-corrected chi connectivity index (χ3v) is 2.04. The summed E-state index contributed by atoms with van der Waals surface area (Å²) in [6.45, 7) is 5.83. The maximum atomic E-state index is 5.40. The summed E-state index contributed by atoms with van der Waals surface area (Å²) in [5.74, 6) is 1.58. The van der Waals surface area contributed by atoms with E-state index in [1.165, 1.54) is 5.69 Å². The number of hydrogen-bond acceptors (Lipinski definition) is 3. The van der Waals surface area contributed by atoms with Gasteiger partial charge in [-0.05, 0) is 12.3 Å². The van der Waals surface area contributed by atoms with Gasteiger partial charge in [0.15, 0.2) is 0 Å². The molecule has 80 valence electrons. The van der Waals surface area contributed by atoms with Gasteiger partial charge in [0, 0.05) is 31.9 Å². The second kappa shape index (κ2) is 5.00. The Bertz CT molecular complexity index is 278. The normalized spacial score (nSPS) is 10.9. The predicted octanol–water partition coefficient (Wildman–Crippen LogP) is 0.989. The fourth-order valence-corrected chi connectivity index (χ4v) is 1.40. The van der Waals surface area contributed by atoms with Gasteiger partial charge in [0.25, 0.3) is 0 Å². The third-order valence-electron chi connectivity index (χ3n) is 2.04. The van der Waals surface area contributed by atoms with E-state index in [9.17, 15) is 0 Å². The second-order valence-corrected chi connectivity index (χ2v) is 3.96. The highest BCUT2D eigenvalue weighted by molar-refractivity contribution is 5.35. The van der Waals surface area contributed by atoms with Crippen LogP contribution in [0.25, 0.3) is 0 Å². The Morgan fingerprint density at radius 1 is 1.57 bits per heavy atom. The molecule has 0 radical (unpaired) electrons. The van der Waals surface area contributed by atoms with Gasteiger partial charge in [-0.1, -0.05) is 13.8 Å². The largest absolute Gasteiger partial charge is 0.367 e. The molecule has 1 aromatic heterocycles. The van der Waals surface area contributed by atoms with Crippen molar-refractivity contribution >= 4 is 5.82 Å². The molecule has 0 aliphatic rings. The van der Waals surface area contributed by atoms with E-state index in [1.807, 2.05) is 11.7 Å². The van der Waals surface area contributed by atoms with Crippen LogP contribution in [-0.4, -0.2) is 22.9 Å². The van der Waals surface area contributed by atoms with Crippen LogP contribution < -0.4 is 11.1 Å². The van der Waals surface area contributed by atoms with Gasteiger partial charge in [0.1, 0.15) is 5.82 Å². The SMILES string of the molecule is CC(C)Cc1cc(NCCN)nn1C. The van der Waals surface area contributed by atoms with Crippen LogP contribution in [0.15, 0.2) is 6.07 Å². The van der Waals surface area contributed by atoms with E-state index in [-0.39, 0.29) is 0 Å². The number of nitrogens with one attached hydrogen (secondary N) is 1. The van der Waals surface area contributed by atoms with E-state index in [0.29, 0.717) is 12.5 Å². The van der Waals surface area contributed by atoms with Gasteiger partial charge >= 0.3 is 0 Å². The summed E-state index contributed by atoms with van der Waals surface area (Å²) < 4.78 is 1.93. The lowest BCUT2D eigenvalue weighted by Crippen LogP contribution is -2.13. The van der Waals surface area contributed by atoms with Crippen LogP contribution in [0.5, 0.6) is 0 Å². The molecule has 0 aromatic carbocycles. The van der Waals surface area contributed by atoms with Gasteiger partial charge in [-0.25, -0.2) is 0 Å². The molecule has 4 heteroatoms. The Morgan fingerprint density at radius 2 is 2.29 bits per heavy atom. The molecule has 0 atom stereocenters. The monoisotopic (exact) mass is 196 g/mol. The summed E-state index contributed by atoms with van der Waals surface area (Å²) in [5, 5.41) is 7.52. The minimum atomic E-state index is 0.635. The minimum Gasteiger partial charge on any atom is -0.367 e. The van der Waals surface area contributed by atoms with Crippen molar-refractivity contribution in [2.45, 2.75) is 20.3 Å². The summed E-state index contributed by atoms with van der Waals surface area (Å²) in [6, 6.07) is 2.09. The first kappa shape index (κ1) is 11.0. The number of hydrogen-bond donors (Lipinski definition) is 2. The molecular weight excluding hydrogens is 176 g/mol. The Morgan fingerprint density at radius 3 is 2.86 bits per heavy atom. The number of nitrogens with two attached hydrogens (primary N) is 1. The fraction of sp³-hybridized carbons (Fsp3) is 0.700. The van der Waals surface area contributed by atoms with Crippen molar-refractivity contribution in [3.63, 3.8) is 0 Å². The first-order valence-corrected chi connectivity index (χ1v) is 5.10. The van der Waals surface area contributed by atoms with Gasteiger partial charge < -0.3 is 11.1 Å².